The highest BCUT2D eigenvalue weighted by Gasteiger charge is 2.32. The lowest BCUT2D eigenvalue weighted by Gasteiger charge is -2.32. The quantitative estimate of drug-likeness (QED) is 0.884. The minimum absolute atomic E-state index is 0.0270. The van der Waals surface area contributed by atoms with Crippen molar-refractivity contribution < 1.29 is 9.53 Å². The van der Waals surface area contributed by atoms with Crippen LogP contribution in [0.15, 0.2) is 42.5 Å². The number of ether oxygens (including phenoxy) is 1. The van der Waals surface area contributed by atoms with Gasteiger partial charge in [-0.1, -0.05) is 38.1 Å². The molecule has 0 saturated carbocycles. The first-order chi connectivity index (χ1) is 11.0. The molecular weight excluding hydrogens is 288 g/mol. The van der Waals surface area contributed by atoms with E-state index in [2.05, 4.69) is 26.0 Å². The number of amides is 1. The number of benzene rings is 2. The van der Waals surface area contributed by atoms with Crippen molar-refractivity contribution in [2.24, 2.45) is 0 Å². The Hall–Kier alpha value is -2.49. The van der Waals surface area contributed by atoms with Crippen molar-refractivity contribution in [3.8, 4) is 5.75 Å². The van der Waals surface area contributed by atoms with Crippen LogP contribution in [0.25, 0.3) is 0 Å². The Labute approximate surface area is 136 Å². The average Bonchev–Trinajstić information content (AvgIpc) is 2.52. The first kappa shape index (κ1) is 15.4. The van der Waals surface area contributed by atoms with Crippen LogP contribution < -0.4 is 15.4 Å². The highest BCUT2D eigenvalue weighted by molar-refractivity contribution is 6.00. The zero-order chi connectivity index (χ0) is 16.6. The third-order valence-corrected chi connectivity index (χ3v) is 4.30. The summed E-state index contributed by atoms with van der Waals surface area (Å²) < 4.78 is 5.96. The van der Waals surface area contributed by atoms with E-state index in [0.29, 0.717) is 23.8 Å². The van der Waals surface area contributed by atoms with E-state index in [0.717, 1.165) is 11.3 Å². The Kier molecular flexibility index (Phi) is 3.99. The molecule has 2 aromatic rings. The lowest BCUT2D eigenvalue weighted by Crippen LogP contribution is -2.45. The molecule has 1 unspecified atom stereocenters. The van der Waals surface area contributed by atoms with E-state index in [1.54, 1.807) is 24.1 Å². The number of anilines is 2. The van der Waals surface area contributed by atoms with Gasteiger partial charge in [-0.25, -0.2) is 0 Å². The number of nitrogen functional groups attached to an aromatic ring is 1. The van der Waals surface area contributed by atoms with Gasteiger partial charge in [-0.05, 0) is 29.2 Å². The third kappa shape index (κ3) is 2.89. The van der Waals surface area contributed by atoms with Gasteiger partial charge in [0, 0.05) is 25.2 Å². The van der Waals surface area contributed by atoms with E-state index in [9.17, 15) is 4.79 Å². The Morgan fingerprint density at radius 1 is 1.22 bits per heavy atom. The molecule has 4 heteroatoms. The van der Waals surface area contributed by atoms with Crippen LogP contribution >= 0.6 is 0 Å². The summed E-state index contributed by atoms with van der Waals surface area (Å²) in [5.74, 6) is 1.05. The zero-order valence-corrected chi connectivity index (χ0v) is 13.7. The fourth-order valence-corrected chi connectivity index (χ4v) is 3.05. The van der Waals surface area contributed by atoms with Crippen LogP contribution in [0.1, 0.15) is 30.9 Å². The minimum Gasteiger partial charge on any atom is -0.478 e. The zero-order valence-electron chi connectivity index (χ0n) is 13.7. The van der Waals surface area contributed by atoms with Gasteiger partial charge >= 0.3 is 0 Å². The van der Waals surface area contributed by atoms with Gasteiger partial charge in [0.2, 0.25) is 0 Å². The molecule has 0 bridgehead atoms. The van der Waals surface area contributed by atoms with Gasteiger partial charge in [0.1, 0.15) is 5.75 Å². The van der Waals surface area contributed by atoms with Crippen molar-refractivity contribution in [3.63, 3.8) is 0 Å². The van der Waals surface area contributed by atoms with E-state index in [1.807, 2.05) is 18.2 Å². The average molecular weight is 310 g/mol. The van der Waals surface area contributed by atoms with Crippen molar-refractivity contribution in [3.05, 3.63) is 53.6 Å². The molecule has 3 rings (SSSR count). The molecule has 2 aromatic carbocycles. The molecule has 1 heterocycles. The Morgan fingerprint density at radius 3 is 2.70 bits per heavy atom. The molecule has 1 aliphatic heterocycles. The Bertz CT molecular complexity index is 740. The van der Waals surface area contributed by atoms with Gasteiger partial charge in [-0.15, -0.1) is 0 Å². The lowest BCUT2D eigenvalue weighted by molar-refractivity contribution is -0.125. The fourth-order valence-electron chi connectivity index (χ4n) is 3.05. The maximum absolute atomic E-state index is 12.6. The topological polar surface area (TPSA) is 55.6 Å². The predicted molar refractivity (Wildman–Crippen MR) is 92.9 cm³/mol. The smallest absolute Gasteiger partial charge is 0.268 e. The second-order valence-electron chi connectivity index (χ2n) is 6.29. The Balaban J connectivity index is 1.91. The van der Waals surface area contributed by atoms with Crippen LogP contribution in [-0.4, -0.2) is 19.1 Å². The molecule has 23 heavy (non-hydrogen) atoms. The number of likely N-dealkylation sites (N-methyl/N-ethyl adjacent to an activating group) is 1. The summed E-state index contributed by atoms with van der Waals surface area (Å²) in [5, 5.41) is 0. The molecule has 4 nitrogen and oxygen atoms in total. The van der Waals surface area contributed by atoms with Gasteiger partial charge in [0.25, 0.3) is 5.91 Å². The molecule has 0 saturated heterocycles. The summed E-state index contributed by atoms with van der Waals surface area (Å²) in [5.41, 5.74) is 9.64. The molecule has 0 radical (unpaired) electrons. The van der Waals surface area contributed by atoms with Crippen LogP contribution in [0, 0.1) is 0 Å². The summed E-state index contributed by atoms with van der Waals surface area (Å²) in [6.45, 7) is 4.31. The number of carbonyl (C=O) groups is 1. The normalized spacial score (nSPS) is 17.1. The molecular formula is C19H22N2O2. The molecule has 1 amide bonds. The summed E-state index contributed by atoms with van der Waals surface area (Å²) in [6, 6.07) is 13.6. The van der Waals surface area contributed by atoms with Crippen molar-refractivity contribution in [1.82, 2.24) is 0 Å². The number of nitrogens with two attached hydrogens (primary N) is 1. The molecule has 120 valence electrons. The van der Waals surface area contributed by atoms with Crippen molar-refractivity contribution in [2.75, 3.05) is 17.7 Å². The molecule has 1 atom stereocenters. The third-order valence-electron chi connectivity index (χ3n) is 4.30. The van der Waals surface area contributed by atoms with E-state index >= 15 is 0 Å². The van der Waals surface area contributed by atoms with Crippen LogP contribution in [0.5, 0.6) is 5.75 Å². The summed E-state index contributed by atoms with van der Waals surface area (Å²) in [4.78, 5) is 14.3. The molecule has 1 aliphatic rings. The SMILES string of the molecule is CC(C)c1ccccc1CC1Oc2cc(N)ccc2N(C)C1=O. The number of nitrogens with zero attached hydrogens (tertiary/aromatic N) is 1. The van der Waals surface area contributed by atoms with Gasteiger partial charge in [-0.3, -0.25) is 4.79 Å². The maximum Gasteiger partial charge on any atom is 0.268 e. The number of fused-ring (bicyclic) bond motifs is 1. The molecule has 0 aromatic heterocycles. The van der Waals surface area contributed by atoms with Crippen LogP contribution in [0.2, 0.25) is 0 Å². The van der Waals surface area contributed by atoms with Gasteiger partial charge in [0.05, 0.1) is 5.69 Å². The van der Waals surface area contributed by atoms with E-state index in [-0.39, 0.29) is 5.91 Å². The molecule has 2 N–H and O–H groups in total. The van der Waals surface area contributed by atoms with Crippen LogP contribution in [0.4, 0.5) is 11.4 Å². The number of hydrogen-bond acceptors (Lipinski definition) is 3. The number of rotatable bonds is 3. The van der Waals surface area contributed by atoms with Gasteiger partial charge in [0.15, 0.2) is 6.10 Å². The number of hydrogen-bond donors (Lipinski definition) is 1. The van der Waals surface area contributed by atoms with Crippen molar-refractivity contribution >= 4 is 17.3 Å². The first-order valence-electron chi connectivity index (χ1n) is 7.89. The monoisotopic (exact) mass is 310 g/mol. The number of carbonyl (C=O) groups excluding carboxylic acids is 1. The van der Waals surface area contributed by atoms with Crippen LogP contribution in [0.3, 0.4) is 0 Å². The molecule has 0 spiro atoms. The van der Waals surface area contributed by atoms with E-state index < -0.39 is 6.10 Å². The largest absolute Gasteiger partial charge is 0.478 e. The minimum atomic E-state index is -0.519. The standard InChI is InChI=1S/C19H22N2O2/c1-12(2)15-7-5-4-6-13(15)10-18-19(22)21(3)16-9-8-14(20)11-17(16)23-18/h4-9,11-12,18H,10,20H2,1-3H3. The molecule has 0 fully saturated rings. The van der Waals surface area contributed by atoms with Crippen LogP contribution in [-0.2, 0) is 11.2 Å². The highest BCUT2D eigenvalue weighted by Crippen LogP contribution is 2.35. The molecule has 0 aliphatic carbocycles. The summed E-state index contributed by atoms with van der Waals surface area (Å²) >= 11 is 0. The first-order valence-corrected chi connectivity index (χ1v) is 7.89. The maximum atomic E-state index is 12.6. The highest BCUT2D eigenvalue weighted by atomic mass is 16.5. The second kappa shape index (κ2) is 5.95. The van der Waals surface area contributed by atoms with E-state index in [1.165, 1.54) is 5.56 Å². The lowest BCUT2D eigenvalue weighted by atomic mass is 9.93. The van der Waals surface area contributed by atoms with Crippen molar-refractivity contribution in [2.45, 2.75) is 32.3 Å². The van der Waals surface area contributed by atoms with E-state index in [4.69, 9.17) is 10.5 Å². The predicted octanol–water partition coefficient (Wildman–Crippen LogP) is 3.36. The van der Waals surface area contributed by atoms with Gasteiger partial charge < -0.3 is 15.4 Å². The second-order valence-corrected chi connectivity index (χ2v) is 6.29. The Morgan fingerprint density at radius 2 is 1.96 bits per heavy atom. The van der Waals surface area contributed by atoms with Crippen molar-refractivity contribution in [1.29, 1.82) is 0 Å². The summed E-state index contributed by atoms with van der Waals surface area (Å²) in [6.07, 6.45) is 0.0420. The van der Waals surface area contributed by atoms with Gasteiger partial charge in [-0.2, -0.15) is 0 Å². The summed E-state index contributed by atoms with van der Waals surface area (Å²) in [7, 11) is 1.78. The fraction of sp³-hybridized carbons (Fsp3) is 0.316.